The predicted molar refractivity (Wildman–Crippen MR) is 124 cm³/mol. The molecule has 1 aliphatic heterocycles. The van der Waals surface area contributed by atoms with Crippen molar-refractivity contribution in [1.29, 1.82) is 0 Å². The van der Waals surface area contributed by atoms with Crippen molar-refractivity contribution in [1.82, 2.24) is 14.9 Å². The number of alkyl halides is 3. The van der Waals surface area contributed by atoms with E-state index in [1.54, 1.807) is 12.4 Å². The SMILES string of the molecule is Cc1cn(Cc2ccc(C(F)(F)F)cc2)c2cc(C3(Cc4ccncc4)CCNC3=O)ccc12. The Morgan fingerprint density at radius 1 is 1.03 bits per heavy atom. The largest absolute Gasteiger partial charge is 0.416 e. The monoisotopic (exact) mass is 463 g/mol. The number of pyridine rings is 1. The van der Waals surface area contributed by atoms with Gasteiger partial charge in [0.2, 0.25) is 5.91 Å². The fourth-order valence-electron chi connectivity index (χ4n) is 4.97. The van der Waals surface area contributed by atoms with Crippen molar-refractivity contribution in [2.75, 3.05) is 6.54 Å². The highest BCUT2D eigenvalue weighted by molar-refractivity contribution is 5.93. The summed E-state index contributed by atoms with van der Waals surface area (Å²) in [7, 11) is 0. The Bertz CT molecular complexity index is 1340. The lowest BCUT2D eigenvalue weighted by molar-refractivity contribution is -0.137. The van der Waals surface area contributed by atoms with Crippen molar-refractivity contribution < 1.29 is 18.0 Å². The van der Waals surface area contributed by atoms with Gasteiger partial charge >= 0.3 is 6.18 Å². The van der Waals surface area contributed by atoms with Crippen LogP contribution in [0.25, 0.3) is 10.9 Å². The number of nitrogens with one attached hydrogen (secondary N) is 1. The first-order valence-corrected chi connectivity index (χ1v) is 11.2. The molecular formula is C27H24F3N3O. The minimum Gasteiger partial charge on any atom is -0.355 e. The zero-order valence-corrected chi connectivity index (χ0v) is 18.7. The fraction of sp³-hybridized carbons (Fsp3) is 0.259. The number of rotatable bonds is 5. The van der Waals surface area contributed by atoms with Crippen LogP contribution in [0.1, 0.15) is 34.2 Å². The maximum Gasteiger partial charge on any atom is 0.416 e. The number of nitrogens with zero attached hydrogens (tertiary/aromatic N) is 2. The van der Waals surface area contributed by atoms with E-state index in [1.807, 2.05) is 42.0 Å². The first-order valence-electron chi connectivity index (χ1n) is 11.2. The van der Waals surface area contributed by atoms with Crippen LogP contribution in [0.4, 0.5) is 13.2 Å². The Kier molecular flexibility index (Phi) is 5.42. The van der Waals surface area contributed by atoms with Gasteiger partial charge in [-0.15, -0.1) is 0 Å². The zero-order valence-electron chi connectivity index (χ0n) is 18.7. The third kappa shape index (κ3) is 3.95. The van der Waals surface area contributed by atoms with Crippen molar-refractivity contribution in [2.45, 2.75) is 37.9 Å². The van der Waals surface area contributed by atoms with Gasteiger partial charge in [-0.1, -0.05) is 24.3 Å². The highest BCUT2D eigenvalue weighted by Crippen LogP contribution is 2.38. The van der Waals surface area contributed by atoms with Crippen LogP contribution in [-0.4, -0.2) is 22.0 Å². The Morgan fingerprint density at radius 2 is 1.76 bits per heavy atom. The highest BCUT2D eigenvalue weighted by Gasteiger charge is 2.44. The lowest BCUT2D eigenvalue weighted by Gasteiger charge is -2.27. The highest BCUT2D eigenvalue weighted by atomic mass is 19.4. The number of hydrogen-bond acceptors (Lipinski definition) is 2. The molecule has 7 heteroatoms. The summed E-state index contributed by atoms with van der Waals surface area (Å²) in [5.41, 5.74) is 3.48. The number of amides is 1. The number of halogens is 3. The van der Waals surface area contributed by atoms with Gasteiger partial charge in [0.05, 0.1) is 11.0 Å². The van der Waals surface area contributed by atoms with Gasteiger partial charge in [0.1, 0.15) is 0 Å². The van der Waals surface area contributed by atoms with E-state index in [2.05, 4.69) is 16.4 Å². The van der Waals surface area contributed by atoms with Gasteiger partial charge in [-0.3, -0.25) is 9.78 Å². The first-order chi connectivity index (χ1) is 16.3. The summed E-state index contributed by atoms with van der Waals surface area (Å²) in [5.74, 6) is 0.0150. The number of benzene rings is 2. The molecule has 2 aromatic carbocycles. The standard InChI is InChI=1S/C27H24F3N3O/c1-18-16-33(17-20-2-4-21(5-3-20)27(28,29)30)24-14-22(6-7-23(18)24)26(10-13-32-25(26)34)15-19-8-11-31-12-9-19/h2-9,11-12,14,16H,10,13,15,17H2,1H3,(H,32,34). The molecule has 0 aliphatic carbocycles. The number of hydrogen-bond donors (Lipinski definition) is 1. The summed E-state index contributed by atoms with van der Waals surface area (Å²) in [6.45, 7) is 3.07. The molecule has 1 N–H and O–H groups in total. The van der Waals surface area contributed by atoms with Crippen molar-refractivity contribution in [3.05, 3.63) is 101 Å². The smallest absolute Gasteiger partial charge is 0.355 e. The summed E-state index contributed by atoms with van der Waals surface area (Å²) in [5, 5.41) is 4.06. The molecule has 3 heterocycles. The minimum absolute atomic E-state index is 0.0150. The molecule has 34 heavy (non-hydrogen) atoms. The molecule has 0 saturated carbocycles. The van der Waals surface area contributed by atoms with E-state index < -0.39 is 17.2 Å². The van der Waals surface area contributed by atoms with Crippen LogP contribution in [-0.2, 0) is 29.4 Å². The maximum absolute atomic E-state index is 13.1. The normalized spacial score (nSPS) is 18.4. The summed E-state index contributed by atoms with van der Waals surface area (Å²) in [4.78, 5) is 17.2. The minimum atomic E-state index is -4.35. The van der Waals surface area contributed by atoms with Crippen LogP contribution in [0.3, 0.4) is 0 Å². The van der Waals surface area contributed by atoms with Crippen LogP contribution < -0.4 is 5.32 Å². The molecule has 0 bridgehead atoms. The molecular weight excluding hydrogens is 439 g/mol. The fourth-order valence-corrected chi connectivity index (χ4v) is 4.97. The molecule has 4 nitrogen and oxygen atoms in total. The lowest BCUT2D eigenvalue weighted by Crippen LogP contribution is -2.37. The van der Waals surface area contributed by atoms with Crippen LogP contribution in [0.2, 0.25) is 0 Å². The number of aromatic nitrogens is 2. The second-order valence-electron chi connectivity index (χ2n) is 8.99. The molecule has 0 spiro atoms. The Hall–Kier alpha value is -3.61. The third-order valence-corrected chi connectivity index (χ3v) is 6.80. The summed E-state index contributed by atoms with van der Waals surface area (Å²) in [6, 6.07) is 15.3. The molecule has 1 fully saturated rings. The third-order valence-electron chi connectivity index (χ3n) is 6.80. The Labute approximate surface area is 195 Å². The van der Waals surface area contributed by atoms with Gasteiger partial charge in [0.15, 0.2) is 0 Å². The van der Waals surface area contributed by atoms with E-state index in [9.17, 15) is 18.0 Å². The van der Waals surface area contributed by atoms with E-state index in [0.29, 0.717) is 25.9 Å². The summed E-state index contributed by atoms with van der Waals surface area (Å²) in [6.07, 6.45) is 2.39. The van der Waals surface area contributed by atoms with Crippen molar-refractivity contribution >= 4 is 16.8 Å². The van der Waals surface area contributed by atoms with Crippen LogP contribution in [0, 0.1) is 6.92 Å². The van der Waals surface area contributed by atoms with E-state index in [0.717, 1.165) is 45.3 Å². The number of aryl methyl sites for hydroxylation is 1. The number of carbonyl (C=O) groups excluding carboxylic acids is 1. The van der Waals surface area contributed by atoms with Crippen LogP contribution in [0.5, 0.6) is 0 Å². The van der Waals surface area contributed by atoms with Gasteiger partial charge in [0.25, 0.3) is 0 Å². The number of fused-ring (bicyclic) bond motifs is 1. The molecule has 1 aliphatic rings. The second kappa shape index (κ2) is 8.31. The molecule has 0 radical (unpaired) electrons. The quantitative estimate of drug-likeness (QED) is 0.430. The molecule has 1 amide bonds. The van der Waals surface area contributed by atoms with E-state index >= 15 is 0 Å². The number of carbonyl (C=O) groups is 1. The average Bonchev–Trinajstić information content (AvgIpc) is 3.34. The Balaban J connectivity index is 1.54. The van der Waals surface area contributed by atoms with Gasteiger partial charge in [0, 0.05) is 42.6 Å². The molecule has 174 valence electrons. The van der Waals surface area contributed by atoms with Gasteiger partial charge in [-0.05, 0) is 72.4 Å². The molecule has 1 saturated heterocycles. The van der Waals surface area contributed by atoms with Crippen molar-refractivity contribution in [2.24, 2.45) is 0 Å². The van der Waals surface area contributed by atoms with Crippen LogP contribution in [0.15, 0.2) is 73.2 Å². The van der Waals surface area contributed by atoms with Crippen LogP contribution >= 0.6 is 0 Å². The molecule has 4 aromatic rings. The summed E-state index contributed by atoms with van der Waals surface area (Å²) < 4.78 is 40.8. The van der Waals surface area contributed by atoms with E-state index in [4.69, 9.17) is 0 Å². The Morgan fingerprint density at radius 3 is 2.41 bits per heavy atom. The maximum atomic E-state index is 13.1. The first kappa shape index (κ1) is 22.2. The average molecular weight is 464 g/mol. The summed E-state index contributed by atoms with van der Waals surface area (Å²) >= 11 is 0. The molecule has 2 aromatic heterocycles. The zero-order chi connectivity index (χ0) is 23.9. The second-order valence-corrected chi connectivity index (χ2v) is 8.99. The topological polar surface area (TPSA) is 46.9 Å². The van der Waals surface area contributed by atoms with Crippen molar-refractivity contribution in [3.8, 4) is 0 Å². The predicted octanol–water partition coefficient (Wildman–Crippen LogP) is 5.41. The van der Waals surface area contributed by atoms with E-state index in [-0.39, 0.29) is 5.91 Å². The molecule has 5 rings (SSSR count). The lowest BCUT2D eigenvalue weighted by atomic mass is 9.74. The van der Waals surface area contributed by atoms with Gasteiger partial charge < -0.3 is 9.88 Å². The van der Waals surface area contributed by atoms with Gasteiger partial charge in [-0.2, -0.15) is 13.2 Å². The molecule has 1 unspecified atom stereocenters. The molecule has 1 atom stereocenters. The van der Waals surface area contributed by atoms with Gasteiger partial charge in [-0.25, -0.2) is 0 Å². The van der Waals surface area contributed by atoms with Crippen molar-refractivity contribution in [3.63, 3.8) is 0 Å². The van der Waals surface area contributed by atoms with E-state index in [1.165, 1.54) is 12.1 Å².